The van der Waals surface area contributed by atoms with Crippen LogP contribution in [0.25, 0.3) is 10.9 Å². The molecule has 0 atom stereocenters. The van der Waals surface area contributed by atoms with Crippen LogP contribution in [0.15, 0.2) is 47.1 Å². The molecule has 0 bridgehead atoms. The summed E-state index contributed by atoms with van der Waals surface area (Å²) in [6.07, 6.45) is 6.97. The molecule has 0 unspecified atom stereocenters. The zero-order valence-corrected chi connectivity index (χ0v) is 22.6. The van der Waals surface area contributed by atoms with Gasteiger partial charge in [-0.3, -0.25) is 9.59 Å². The van der Waals surface area contributed by atoms with E-state index in [0.717, 1.165) is 11.3 Å². The lowest BCUT2D eigenvalue weighted by atomic mass is 10.1. The van der Waals surface area contributed by atoms with Crippen LogP contribution < -0.4 is 15.4 Å². The zero-order valence-electron chi connectivity index (χ0n) is 20.1. The maximum Gasteiger partial charge on any atom is 0.304 e. The van der Waals surface area contributed by atoms with Gasteiger partial charge in [0.25, 0.3) is 0 Å². The van der Waals surface area contributed by atoms with Crippen LogP contribution >= 0.6 is 35.3 Å². The van der Waals surface area contributed by atoms with Crippen LogP contribution in [0.3, 0.4) is 0 Å². The van der Waals surface area contributed by atoms with Gasteiger partial charge in [0.15, 0.2) is 8.29 Å². The van der Waals surface area contributed by atoms with Crippen LogP contribution in [-0.2, 0) is 16.1 Å². The lowest BCUT2D eigenvalue weighted by Gasteiger charge is -2.15. The van der Waals surface area contributed by atoms with Crippen molar-refractivity contribution >= 4 is 75.3 Å². The van der Waals surface area contributed by atoms with E-state index in [9.17, 15) is 9.59 Å². The second-order valence-corrected chi connectivity index (χ2v) is 10.7. The Morgan fingerprint density at radius 3 is 2.89 bits per heavy atom. The number of hydrogen-bond donors (Lipinski definition) is 3. The number of fused-ring (bicyclic) bond motifs is 1. The highest BCUT2D eigenvalue weighted by Gasteiger charge is 2.15. The number of thioether (sulfide) groups is 1. The van der Waals surface area contributed by atoms with E-state index in [-0.39, 0.29) is 18.9 Å². The van der Waals surface area contributed by atoms with Crippen molar-refractivity contribution in [2.24, 2.45) is 0 Å². The highest BCUT2D eigenvalue weighted by Crippen LogP contribution is 2.33. The fraction of sp³-hybridized carbons (Fsp3) is 0.200. The summed E-state index contributed by atoms with van der Waals surface area (Å²) in [7, 11) is 0. The molecule has 13 heteroatoms. The number of nitrogens with zero attached hydrogens (tertiary/aromatic N) is 4. The first-order valence-electron chi connectivity index (χ1n) is 11.3. The normalized spacial score (nSPS) is 10.6. The van der Waals surface area contributed by atoms with Crippen molar-refractivity contribution in [3.63, 3.8) is 0 Å². The molecular weight excluding hydrogens is 545 g/mol. The van der Waals surface area contributed by atoms with Crippen molar-refractivity contribution in [3.8, 4) is 18.1 Å². The van der Waals surface area contributed by atoms with E-state index in [1.54, 1.807) is 12.1 Å². The maximum atomic E-state index is 13.0. The van der Waals surface area contributed by atoms with Crippen molar-refractivity contribution < 1.29 is 19.4 Å². The molecule has 4 aromatic rings. The number of carboxylic acid groups (broad SMARTS) is 1. The minimum Gasteiger partial charge on any atom is -0.492 e. The van der Waals surface area contributed by atoms with Crippen molar-refractivity contribution in [1.82, 2.24) is 19.7 Å². The van der Waals surface area contributed by atoms with Gasteiger partial charge < -0.3 is 20.5 Å². The quantitative estimate of drug-likeness (QED) is 0.130. The summed E-state index contributed by atoms with van der Waals surface area (Å²) in [4.78, 5) is 32.4. The van der Waals surface area contributed by atoms with Gasteiger partial charge in [0, 0.05) is 28.5 Å². The minimum absolute atomic E-state index is 0.00949. The highest BCUT2D eigenvalue weighted by atomic mass is 32.2. The first kappa shape index (κ1) is 27.1. The molecule has 2 heterocycles. The number of amides is 1. The summed E-state index contributed by atoms with van der Waals surface area (Å²) in [6.45, 7) is 2.12. The van der Waals surface area contributed by atoms with E-state index in [4.69, 9.17) is 28.5 Å². The Balaban J connectivity index is 1.57. The van der Waals surface area contributed by atoms with Gasteiger partial charge in [-0.05, 0) is 43.4 Å². The van der Waals surface area contributed by atoms with Crippen LogP contribution in [0.5, 0.6) is 5.75 Å². The Hall–Kier alpha value is -3.99. The third-order valence-electron chi connectivity index (χ3n) is 5.03. The first-order chi connectivity index (χ1) is 18.4. The van der Waals surface area contributed by atoms with E-state index in [1.807, 2.05) is 31.2 Å². The Kier molecular flexibility index (Phi) is 8.90. The number of carboxylic acids is 1. The molecule has 10 nitrogen and oxygen atoms in total. The van der Waals surface area contributed by atoms with Gasteiger partial charge in [0.05, 0.1) is 24.2 Å². The average Bonchev–Trinajstić information content (AvgIpc) is 3.23. The topological polar surface area (TPSA) is 131 Å². The van der Waals surface area contributed by atoms with E-state index in [2.05, 4.69) is 31.6 Å². The number of terminal acetylenes is 1. The molecule has 0 saturated carbocycles. The molecule has 0 saturated heterocycles. The molecule has 0 aliphatic carbocycles. The number of ether oxygens (including phenoxy) is 1. The standard InChI is InChI=1S/C25H22N6O4S3/c1-3-15-6-5-7-16(10-15)28-23-17-11-19(20(35-4-2)12-18(17)26-14-27-23)29-21(32)13-31-25(36)38-24(30-31)37-9-8-22(33)34/h1,5-7,10-12,14H,4,8-9,13H2,2H3,(H,29,32)(H,33,34)(H,26,27,28). The molecule has 2 aromatic carbocycles. The molecule has 1 amide bonds. The van der Waals surface area contributed by atoms with Crippen molar-refractivity contribution in [2.75, 3.05) is 23.0 Å². The molecule has 0 fully saturated rings. The van der Waals surface area contributed by atoms with Crippen molar-refractivity contribution in [1.29, 1.82) is 0 Å². The van der Waals surface area contributed by atoms with E-state index < -0.39 is 5.97 Å². The van der Waals surface area contributed by atoms with Gasteiger partial charge in [-0.15, -0.1) is 6.42 Å². The first-order valence-corrected chi connectivity index (χ1v) is 13.5. The van der Waals surface area contributed by atoms with Crippen molar-refractivity contribution in [2.45, 2.75) is 24.2 Å². The predicted octanol–water partition coefficient (Wildman–Crippen LogP) is 4.95. The van der Waals surface area contributed by atoms with Crippen LogP contribution in [0.2, 0.25) is 0 Å². The minimum atomic E-state index is -0.884. The van der Waals surface area contributed by atoms with E-state index >= 15 is 0 Å². The monoisotopic (exact) mass is 566 g/mol. The summed E-state index contributed by atoms with van der Waals surface area (Å²) in [5.74, 6) is 2.72. The maximum absolute atomic E-state index is 13.0. The average molecular weight is 567 g/mol. The highest BCUT2D eigenvalue weighted by molar-refractivity contribution is 8.01. The number of anilines is 3. The lowest BCUT2D eigenvalue weighted by Crippen LogP contribution is -2.20. The van der Waals surface area contributed by atoms with Crippen LogP contribution in [0.1, 0.15) is 18.9 Å². The van der Waals surface area contributed by atoms with Crippen LogP contribution in [0.4, 0.5) is 17.2 Å². The van der Waals surface area contributed by atoms with Gasteiger partial charge in [-0.25, -0.2) is 14.6 Å². The third-order valence-corrected chi connectivity index (χ3v) is 7.47. The van der Waals surface area contributed by atoms with Crippen LogP contribution in [-0.4, -0.2) is 49.1 Å². The number of aliphatic carboxylic acids is 1. The number of nitrogens with one attached hydrogen (secondary N) is 2. The summed E-state index contributed by atoms with van der Waals surface area (Å²) in [5.41, 5.74) is 2.55. The summed E-state index contributed by atoms with van der Waals surface area (Å²) >= 11 is 7.85. The van der Waals surface area contributed by atoms with Gasteiger partial charge in [-0.2, -0.15) is 5.10 Å². The van der Waals surface area contributed by atoms with Crippen molar-refractivity contribution in [3.05, 3.63) is 52.2 Å². The Bertz CT molecular complexity index is 1590. The SMILES string of the molecule is C#Cc1cccc(Nc2ncnc3cc(OCC)c(NC(=O)Cn4nc(SCCC(=O)O)sc4=S)cc23)c1. The second kappa shape index (κ2) is 12.5. The number of hydrogen-bond acceptors (Lipinski definition) is 10. The Morgan fingerprint density at radius 1 is 1.29 bits per heavy atom. The van der Waals surface area contributed by atoms with Gasteiger partial charge in [0.1, 0.15) is 24.4 Å². The molecule has 3 N–H and O–H groups in total. The largest absolute Gasteiger partial charge is 0.492 e. The smallest absolute Gasteiger partial charge is 0.304 e. The fourth-order valence-corrected chi connectivity index (χ4v) is 5.71. The zero-order chi connectivity index (χ0) is 27.1. The van der Waals surface area contributed by atoms with E-state index in [0.29, 0.717) is 48.8 Å². The molecule has 2 aromatic heterocycles. The van der Waals surface area contributed by atoms with Gasteiger partial charge >= 0.3 is 5.97 Å². The number of carbonyl (C=O) groups is 2. The molecule has 0 spiro atoms. The molecule has 38 heavy (non-hydrogen) atoms. The number of carbonyl (C=O) groups excluding carboxylic acids is 1. The van der Waals surface area contributed by atoms with Gasteiger partial charge in [-0.1, -0.05) is 35.1 Å². The number of benzene rings is 2. The molecule has 0 aliphatic heterocycles. The lowest BCUT2D eigenvalue weighted by molar-refractivity contribution is -0.136. The second-order valence-electron chi connectivity index (χ2n) is 7.70. The summed E-state index contributed by atoms with van der Waals surface area (Å²) < 4.78 is 8.19. The summed E-state index contributed by atoms with van der Waals surface area (Å²) in [5, 5.41) is 20.0. The number of rotatable bonds is 11. The fourth-order valence-electron chi connectivity index (χ4n) is 3.38. The number of aromatic nitrogens is 4. The predicted molar refractivity (Wildman–Crippen MR) is 151 cm³/mol. The van der Waals surface area contributed by atoms with E-state index in [1.165, 1.54) is 34.1 Å². The molecule has 0 radical (unpaired) electrons. The summed E-state index contributed by atoms with van der Waals surface area (Å²) in [6, 6.07) is 10.9. The van der Waals surface area contributed by atoms with Crippen LogP contribution in [0, 0.1) is 16.3 Å². The molecular formula is C25H22N6O4S3. The molecule has 4 rings (SSSR count). The van der Waals surface area contributed by atoms with Gasteiger partial charge in [0.2, 0.25) is 5.91 Å². The third kappa shape index (κ3) is 6.86. The molecule has 0 aliphatic rings. The Labute approximate surface area is 231 Å². The molecule has 194 valence electrons. The Morgan fingerprint density at radius 2 is 2.13 bits per heavy atom.